The van der Waals surface area contributed by atoms with Gasteiger partial charge in [-0.05, 0) is 25.2 Å². The van der Waals surface area contributed by atoms with Gasteiger partial charge in [-0.1, -0.05) is 259 Å². The summed E-state index contributed by atoms with van der Waals surface area (Å²) in [6.45, 7) is 8.98. The minimum absolute atomic E-state index is 0.0631. The summed E-state index contributed by atoms with van der Waals surface area (Å²) < 4.78 is 16.8. The van der Waals surface area contributed by atoms with E-state index in [9.17, 15) is 14.4 Å². The third kappa shape index (κ3) is 47.3. The Balaban J connectivity index is 4.26. The van der Waals surface area contributed by atoms with Crippen molar-refractivity contribution in [1.82, 2.24) is 0 Å². The second kappa shape index (κ2) is 47.5. The highest BCUT2D eigenvalue weighted by Gasteiger charge is 2.19. The molecular formula is C53H102O6. The highest BCUT2D eigenvalue weighted by atomic mass is 16.6. The average molecular weight is 835 g/mol. The van der Waals surface area contributed by atoms with Crippen LogP contribution < -0.4 is 0 Å². The molecule has 6 heteroatoms. The Morgan fingerprint density at radius 2 is 0.559 bits per heavy atom. The molecule has 0 saturated carbocycles. The molecule has 0 radical (unpaired) electrons. The van der Waals surface area contributed by atoms with Crippen molar-refractivity contribution in [3.8, 4) is 0 Å². The molecular weight excluding hydrogens is 733 g/mol. The molecule has 0 aliphatic rings. The summed E-state index contributed by atoms with van der Waals surface area (Å²) in [5, 5.41) is 0. The summed E-state index contributed by atoms with van der Waals surface area (Å²) in [6, 6.07) is 0. The van der Waals surface area contributed by atoms with Gasteiger partial charge < -0.3 is 14.2 Å². The maximum Gasteiger partial charge on any atom is 0.306 e. The number of carbonyl (C=O) groups is 3. The Bertz CT molecular complexity index is 887. The summed E-state index contributed by atoms with van der Waals surface area (Å²) >= 11 is 0. The van der Waals surface area contributed by atoms with Gasteiger partial charge in [-0.25, -0.2) is 0 Å². The fourth-order valence-electron chi connectivity index (χ4n) is 8.04. The van der Waals surface area contributed by atoms with E-state index < -0.39 is 6.10 Å². The lowest BCUT2D eigenvalue weighted by Gasteiger charge is -2.18. The molecule has 0 saturated heterocycles. The van der Waals surface area contributed by atoms with E-state index in [0.29, 0.717) is 19.3 Å². The van der Waals surface area contributed by atoms with Gasteiger partial charge in [0.1, 0.15) is 13.2 Å². The molecule has 1 atom stereocenters. The van der Waals surface area contributed by atoms with Crippen LogP contribution in [0.3, 0.4) is 0 Å². The van der Waals surface area contributed by atoms with E-state index in [-0.39, 0.29) is 31.1 Å². The Morgan fingerprint density at radius 1 is 0.322 bits per heavy atom. The number of unbranched alkanes of at least 4 members (excludes halogenated alkanes) is 35. The highest BCUT2D eigenvalue weighted by Crippen LogP contribution is 2.17. The lowest BCUT2D eigenvalue weighted by Crippen LogP contribution is -2.30. The number of carbonyl (C=O) groups excluding carboxylic acids is 3. The van der Waals surface area contributed by atoms with Crippen LogP contribution in [0.2, 0.25) is 0 Å². The van der Waals surface area contributed by atoms with Gasteiger partial charge in [0.05, 0.1) is 0 Å². The second-order valence-corrected chi connectivity index (χ2v) is 18.6. The van der Waals surface area contributed by atoms with Crippen molar-refractivity contribution in [3.05, 3.63) is 0 Å². The number of rotatable bonds is 48. The summed E-state index contributed by atoms with van der Waals surface area (Å²) in [5.74, 6) is -0.0644. The van der Waals surface area contributed by atoms with E-state index in [1.54, 1.807) is 0 Å². The van der Waals surface area contributed by atoms with Crippen LogP contribution in [0.4, 0.5) is 0 Å². The molecule has 350 valence electrons. The van der Waals surface area contributed by atoms with E-state index in [4.69, 9.17) is 14.2 Å². The Morgan fingerprint density at radius 3 is 0.831 bits per heavy atom. The monoisotopic (exact) mass is 835 g/mol. The fraction of sp³-hybridized carbons (Fsp3) is 0.943. The normalized spacial score (nSPS) is 11.9. The van der Waals surface area contributed by atoms with Crippen LogP contribution >= 0.6 is 0 Å². The zero-order chi connectivity index (χ0) is 43.1. The first kappa shape index (κ1) is 57.4. The summed E-state index contributed by atoms with van der Waals surface area (Å²) in [6.07, 6.45) is 49.5. The molecule has 0 unspecified atom stereocenters. The zero-order valence-electron chi connectivity index (χ0n) is 40.2. The van der Waals surface area contributed by atoms with Gasteiger partial charge in [0.2, 0.25) is 0 Å². The van der Waals surface area contributed by atoms with Crippen LogP contribution in [0.5, 0.6) is 0 Å². The van der Waals surface area contributed by atoms with E-state index in [2.05, 4.69) is 27.7 Å². The van der Waals surface area contributed by atoms with Crippen molar-refractivity contribution in [3.63, 3.8) is 0 Å². The van der Waals surface area contributed by atoms with Gasteiger partial charge in [0.25, 0.3) is 0 Å². The Labute approximate surface area is 368 Å². The maximum absolute atomic E-state index is 12.8. The number of ether oxygens (including phenoxy) is 3. The van der Waals surface area contributed by atoms with E-state index in [1.165, 1.54) is 193 Å². The molecule has 0 aromatic rings. The number of esters is 3. The molecule has 0 heterocycles. The lowest BCUT2D eigenvalue weighted by molar-refractivity contribution is -0.167. The van der Waals surface area contributed by atoms with Crippen molar-refractivity contribution in [1.29, 1.82) is 0 Å². The maximum atomic E-state index is 12.8. The van der Waals surface area contributed by atoms with Gasteiger partial charge in [-0.15, -0.1) is 0 Å². The van der Waals surface area contributed by atoms with Crippen LogP contribution in [0.15, 0.2) is 0 Å². The molecule has 0 spiro atoms. The standard InChI is InChI=1S/C53H102O6/c1-5-7-9-11-13-15-17-19-21-22-23-25-26-28-32-36-40-44-51(54)57-47-50(48-58-52(55)45-41-37-34-30-31-35-39-43-49(3)4)59-53(56)46-42-38-33-29-27-24-20-18-16-14-12-10-8-6-2/h49-50H,5-48H2,1-4H3/t50-/m0/s1. The van der Waals surface area contributed by atoms with Crippen LogP contribution in [-0.4, -0.2) is 37.2 Å². The molecule has 0 rings (SSSR count). The van der Waals surface area contributed by atoms with Crippen LogP contribution in [0.1, 0.15) is 297 Å². The van der Waals surface area contributed by atoms with Crippen LogP contribution in [-0.2, 0) is 28.6 Å². The van der Waals surface area contributed by atoms with E-state index >= 15 is 0 Å². The van der Waals surface area contributed by atoms with Crippen LogP contribution in [0.25, 0.3) is 0 Å². The molecule has 59 heavy (non-hydrogen) atoms. The van der Waals surface area contributed by atoms with Gasteiger partial charge in [-0.2, -0.15) is 0 Å². The predicted octanol–water partition coefficient (Wildman–Crippen LogP) is 17.1. The molecule has 0 fully saturated rings. The van der Waals surface area contributed by atoms with E-state index in [0.717, 1.165) is 63.7 Å². The molecule has 0 aromatic heterocycles. The molecule has 0 N–H and O–H groups in total. The first-order chi connectivity index (χ1) is 28.9. The van der Waals surface area contributed by atoms with Gasteiger partial charge >= 0.3 is 17.9 Å². The molecule has 6 nitrogen and oxygen atoms in total. The first-order valence-electron chi connectivity index (χ1n) is 26.4. The van der Waals surface area contributed by atoms with E-state index in [1.807, 2.05) is 0 Å². The Hall–Kier alpha value is -1.59. The van der Waals surface area contributed by atoms with Crippen molar-refractivity contribution in [2.75, 3.05) is 13.2 Å². The smallest absolute Gasteiger partial charge is 0.306 e. The second-order valence-electron chi connectivity index (χ2n) is 18.6. The summed E-state index contributed by atoms with van der Waals surface area (Å²) in [5.41, 5.74) is 0. The highest BCUT2D eigenvalue weighted by molar-refractivity contribution is 5.71. The molecule has 0 aromatic carbocycles. The zero-order valence-corrected chi connectivity index (χ0v) is 40.2. The average Bonchev–Trinajstić information content (AvgIpc) is 3.22. The largest absolute Gasteiger partial charge is 0.462 e. The molecule has 0 aliphatic heterocycles. The minimum atomic E-state index is -0.761. The summed E-state index contributed by atoms with van der Waals surface area (Å²) in [4.78, 5) is 37.9. The van der Waals surface area contributed by atoms with Gasteiger partial charge in [-0.3, -0.25) is 14.4 Å². The first-order valence-corrected chi connectivity index (χ1v) is 26.4. The SMILES string of the molecule is CCCCCCCCCCCCCCCCCCCC(=O)OC[C@@H](COC(=O)CCCCCCCCCC(C)C)OC(=O)CCCCCCCCCCCCCCCC. The van der Waals surface area contributed by atoms with Gasteiger partial charge in [0.15, 0.2) is 6.10 Å². The molecule has 0 aliphatic carbocycles. The molecule has 0 amide bonds. The predicted molar refractivity (Wildman–Crippen MR) is 252 cm³/mol. The van der Waals surface area contributed by atoms with Crippen molar-refractivity contribution < 1.29 is 28.6 Å². The quantitative estimate of drug-likeness (QED) is 0.0345. The number of hydrogen-bond acceptors (Lipinski definition) is 6. The van der Waals surface area contributed by atoms with Crippen molar-refractivity contribution >= 4 is 17.9 Å². The minimum Gasteiger partial charge on any atom is -0.462 e. The third-order valence-corrected chi connectivity index (χ3v) is 12.0. The van der Waals surface area contributed by atoms with Crippen LogP contribution in [0, 0.1) is 5.92 Å². The summed E-state index contributed by atoms with van der Waals surface area (Å²) in [7, 11) is 0. The Kier molecular flexibility index (Phi) is 46.2. The number of hydrogen-bond donors (Lipinski definition) is 0. The lowest BCUT2D eigenvalue weighted by atomic mass is 10.0. The van der Waals surface area contributed by atoms with Crippen molar-refractivity contribution in [2.24, 2.45) is 5.92 Å². The van der Waals surface area contributed by atoms with Crippen molar-refractivity contribution in [2.45, 2.75) is 303 Å². The third-order valence-electron chi connectivity index (χ3n) is 12.0. The molecule has 0 bridgehead atoms. The fourth-order valence-corrected chi connectivity index (χ4v) is 8.04. The topological polar surface area (TPSA) is 78.9 Å². The van der Waals surface area contributed by atoms with Gasteiger partial charge in [0, 0.05) is 19.3 Å².